The van der Waals surface area contributed by atoms with E-state index in [2.05, 4.69) is 17.0 Å². The van der Waals surface area contributed by atoms with Gasteiger partial charge in [0.1, 0.15) is 0 Å². The molecule has 2 aliphatic heterocycles. The fourth-order valence-electron chi connectivity index (χ4n) is 1.66. The van der Waals surface area contributed by atoms with E-state index in [1.54, 1.807) is 0 Å². The van der Waals surface area contributed by atoms with E-state index in [0.717, 1.165) is 26.2 Å². The number of carbonyl (C=O) groups excluding carboxylic acids is 1. The van der Waals surface area contributed by atoms with Crippen LogP contribution in [-0.4, -0.2) is 45.2 Å². The normalized spacial score (nSPS) is 28.3. The highest BCUT2D eigenvalue weighted by Crippen LogP contribution is 2.28. The van der Waals surface area contributed by atoms with E-state index >= 15 is 0 Å². The van der Waals surface area contributed by atoms with Crippen LogP contribution >= 0.6 is 0 Å². The van der Waals surface area contributed by atoms with Crippen molar-refractivity contribution < 1.29 is 19.0 Å². The molecule has 2 fully saturated rings. The zero-order valence-corrected chi connectivity index (χ0v) is 8.62. The number of nitrogens with one attached hydrogen (secondary N) is 1. The zero-order valence-electron chi connectivity index (χ0n) is 8.62. The summed E-state index contributed by atoms with van der Waals surface area (Å²) in [4.78, 5) is 8.95. The van der Waals surface area contributed by atoms with Crippen LogP contribution in [0.5, 0.6) is 0 Å². The van der Waals surface area contributed by atoms with Crippen LogP contribution < -0.4 is 5.32 Å². The van der Waals surface area contributed by atoms with E-state index in [4.69, 9.17) is 14.3 Å². The fourth-order valence-corrected chi connectivity index (χ4v) is 1.66. The van der Waals surface area contributed by atoms with Crippen LogP contribution in [0, 0.1) is 0 Å². The average Bonchev–Trinajstić information content (AvgIpc) is 2.78. The topological polar surface area (TPSA) is 56.8 Å². The molecular weight excluding hydrogens is 186 g/mol. The molecule has 0 bridgehead atoms. The highest BCUT2D eigenvalue weighted by molar-refractivity contribution is 5.36. The van der Waals surface area contributed by atoms with Gasteiger partial charge in [0.25, 0.3) is 6.47 Å². The number of carbonyl (C=O) groups is 1. The molecule has 2 heterocycles. The number of hydrogen-bond acceptors (Lipinski definition) is 5. The summed E-state index contributed by atoms with van der Waals surface area (Å²) in [6, 6.07) is 0.540. The second-order valence-corrected chi connectivity index (χ2v) is 3.43. The van der Waals surface area contributed by atoms with Crippen molar-refractivity contribution in [3.8, 4) is 0 Å². The maximum absolute atomic E-state index is 8.95. The Kier molecular flexibility index (Phi) is 4.31. The van der Waals surface area contributed by atoms with Gasteiger partial charge in [-0.15, -0.1) is 0 Å². The van der Waals surface area contributed by atoms with Crippen LogP contribution in [0.4, 0.5) is 0 Å². The molecule has 5 heteroatoms. The molecule has 82 valence electrons. The van der Waals surface area contributed by atoms with Crippen LogP contribution in [0.25, 0.3) is 0 Å². The molecule has 2 aliphatic rings. The first kappa shape index (κ1) is 11.4. The Labute approximate surface area is 83.7 Å². The summed E-state index contributed by atoms with van der Waals surface area (Å²) in [7, 11) is 1.31. The van der Waals surface area contributed by atoms with Gasteiger partial charge in [-0.3, -0.25) is 4.79 Å². The van der Waals surface area contributed by atoms with E-state index in [9.17, 15) is 0 Å². The van der Waals surface area contributed by atoms with E-state index in [0.29, 0.717) is 12.5 Å². The molecule has 0 amide bonds. The van der Waals surface area contributed by atoms with E-state index in [1.165, 1.54) is 7.11 Å². The molecular formula is C9H17NO4. The van der Waals surface area contributed by atoms with Crippen LogP contribution in [0.15, 0.2) is 0 Å². The highest BCUT2D eigenvalue weighted by atomic mass is 16.7. The van der Waals surface area contributed by atoms with Crippen molar-refractivity contribution >= 4 is 6.47 Å². The summed E-state index contributed by atoms with van der Waals surface area (Å²) in [6.07, 6.45) is 0.993. The molecule has 1 N–H and O–H groups in total. The number of hydrogen-bond donors (Lipinski definition) is 1. The third kappa shape index (κ3) is 2.94. The Balaban J connectivity index is 0.000000213. The van der Waals surface area contributed by atoms with Gasteiger partial charge < -0.3 is 19.5 Å². The van der Waals surface area contributed by atoms with Crippen LogP contribution in [0.2, 0.25) is 0 Å². The Hall–Kier alpha value is -0.650. The minimum absolute atomic E-state index is 0.251. The second kappa shape index (κ2) is 5.29. The lowest BCUT2D eigenvalue weighted by Crippen LogP contribution is -2.32. The summed E-state index contributed by atoms with van der Waals surface area (Å²) in [5, 5.41) is 3.30. The third-order valence-electron chi connectivity index (χ3n) is 2.25. The molecule has 1 unspecified atom stereocenters. The van der Waals surface area contributed by atoms with Crippen molar-refractivity contribution in [2.45, 2.75) is 25.2 Å². The van der Waals surface area contributed by atoms with Crippen molar-refractivity contribution in [2.24, 2.45) is 0 Å². The van der Waals surface area contributed by atoms with Gasteiger partial charge in [-0.1, -0.05) is 0 Å². The first-order valence-electron chi connectivity index (χ1n) is 4.70. The van der Waals surface area contributed by atoms with Gasteiger partial charge in [0.05, 0.1) is 26.9 Å². The van der Waals surface area contributed by atoms with E-state index in [1.807, 2.05) is 0 Å². The molecule has 0 aliphatic carbocycles. The first-order chi connectivity index (χ1) is 6.72. The van der Waals surface area contributed by atoms with Crippen LogP contribution in [0.3, 0.4) is 0 Å². The molecule has 5 nitrogen and oxygen atoms in total. The molecule has 2 rings (SSSR count). The smallest absolute Gasteiger partial charge is 0.292 e. The Bertz CT molecular complexity index is 180. The van der Waals surface area contributed by atoms with Gasteiger partial charge in [-0.25, -0.2) is 0 Å². The molecule has 1 spiro atoms. The maximum Gasteiger partial charge on any atom is 0.292 e. The number of rotatable bonds is 1. The van der Waals surface area contributed by atoms with E-state index in [-0.39, 0.29) is 5.79 Å². The largest absolute Gasteiger partial charge is 0.471 e. The van der Waals surface area contributed by atoms with Gasteiger partial charge in [0.15, 0.2) is 5.79 Å². The number of methoxy groups -OCH3 is 1. The van der Waals surface area contributed by atoms with Gasteiger partial charge in [-0.2, -0.15) is 0 Å². The lowest BCUT2D eigenvalue weighted by molar-refractivity contribution is -0.140. The summed E-state index contributed by atoms with van der Waals surface area (Å²) in [5.41, 5.74) is 0. The maximum atomic E-state index is 8.95. The third-order valence-corrected chi connectivity index (χ3v) is 2.25. The average molecular weight is 203 g/mol. The van der Waals surface area contributed by atoms with Crippen LogP contribution in [-0.2, 0) is 19.0 Å². The van der Waals surface area contributed by atoms with Gasteiger partial charge >= 0.3 is 0 Å². The zero-order chi connectivity index (χ0) is 10.4. The predicted octanol–water partition coefficient (Wildman–Crippen LogP) is -0.0995. The van der Waals surface area contributed by atoms with E-state index < -0.39 is 0 Å². The number of ether oxygens (including phenoxy) is 3. The molecule has 2 saturated heterocycles. The lowest BCUT2D eigenvalue weighted by atomic mass is 10.2. The van der Waals surface area contributed by atoms with Crippen molar-refractivity contribution in [3.05, 3.63) is 0 Å². The first-order valence-corrected chi connectivity index (χ1v) is 4.70. The van der Waals surface area contributed by atoms with Gasteiger partial charge in [0, 0.05) is 12.5 Å². The predicted molar refractivity (Wildman–Crippen MR) is 49.8 cm³/mol. The SMILES string of the molecule is CC1CC2(CN1)OCCO2.COC=O. The molecule has 0 saturated carbocycles. The minimum Gasteiger partial charge on any atom is -0.471 e. The Morgan fingerprint density at radius 1 is 1.50 bits per heavy atom. The quantitative estimate of drug-likeness (QED) is 0.603. The molecule has 0 radical (unpaired) electrons. The van der Waals surface area contributed by atoms with Gasteiger partial charge in [0.2, 0.25) is 0 Å². The molecule has 14 heavy (non-hydrogen) atoms. The summed E-state index contributed by atoms with van der Waals surface area (Å²) >= 11 is 0. The molecule has 0 aromatic rings. The Morgan fingerprint density at radius 2 is 2.07 bits per heavy atom. The minimum atomic E-state index is -0.251. The van der Waals surface area contributed by atoms with Gasteiger partial charge in [-0.05, 0) is 6.92 Å². The van der Waals surface area contributed by atoms with Crippen molar-refractivity contribution in [2.75, 3.05) is 26.9 Å². The summed E-state index contributed by atoms with van der Waals surface area (Å²) < 4.78 is 14.8. The molecule has 0 aromatic carbocycles. The van der Waals surface area contributed by atoms with Crippen molar-refractivity contribution in [1.82, 2.24) is 5.32 Å². The monoisotopic (exact) mass is 203 g/mol. The summed E-state index contributed by atoms with van der Waals surface area (Å²) in [5.74, 6) is -0.251. The van der Waals surface area contributed by atoms with Crippen LogP contribution in [0.1, 0.15) is 13.3 Å². The van der Waals surface area contributed by atoms with Crippen molar-refractivity contribution in [3.63, 3.8) is 0 Å². The Morgan fingerprint density at radius 3 is 2.43 bits per heavy atom. The molecule has 0 aromatic heterocycles. The van der Waals surface area contributed by atoms with Crippen molar-refractivity contribution in [1.29, 1.82) is 0 Å². The second-order valence-electron chi connectivity index (χ2n) is 3.43. The molecule has 1 atom stereocenters. The standard InChI is InChI=1S/C7H13NO2.C2H4O2/c1-6-4-7(5-8-6)9-2-3-10-7;1-4-2-3/h6,8H,2-5H2,1H3;2H,1H3. The summed E-state index contributed by atoms with van der Waals surface area (Å²) in [6.45, 7) is 4.90. The fraction of sp³-hybridized carbons (Fsp3) is 0.889. The lowest BCUT2D eigenvalue weighted by Gasteiger charge is -2.19. The highest BCUT2D eigenvalue weighted by Gasteiger charge is 2.42.